The lowest BCUT2D eigenvalue weighted by Crippen LogP contribution is -2.52. The topological polar surface area (TPSA) is 64.9 Å². The summed E-state index contributed by atoms with van der Waals surface area (Å²) in [5, 5.41) is 1.54. The summed E-state index contributed by atoms with van der Waals surface area (Å²) in [6.45, 7) is 13.7. The average Bonchev–Trinajstić information content (AvgIpc) is 3.79. The molecule has 264 valence electrons. The molecule has 0 spiro atoms. The monoisotopic (exact) mass is 708 g/mol. The quantitative estimate of drug-likeness (QED) is 0.269. The molecule has 2 aromatic heterocycles. The Labute approximate surface area is 300 Å². The minimum atomic E-state index is -0.443. The van der Waals surface area contributed by atoms with Gasteiger partial charge in [0.05, 0.1) is 28.0 Å². The second kappa shape index (κ2) is 13.5. The first-order valence-corrected chi connectivity index (χ1v) is 18.9. The minimum absolute atomic E-state index is 0.0278. The van der Waals surface area contributed by atoms with Gasteiger partial charge >= 0.3 is 0 Å². The van der Waals surface area contributed by atoms with Gasteiger partial charge in [0.25, 0.3) is 5.91 Å². The van der Waals surface area contributed by atoms with Crippen LogP contribution in [0.4, 0.5) is 4.39 Å². The number of amides is 2. The molecule has 0 bridgehead atoms. The highest BCUT2D eigenvalue weighted by atomic mass is 35.5. The van der Waals surface area contributed by atoms with Crippen molar-refractivity contribution in [2.75, 3.05) is 46.3 Å². The van der Waals surface area contributed by atoms with Crippen LogP contribution in [0, 0.1) is 23.6 Å². The number of fused-ring (bicyclic) bond motifs is 2. The number of benzene rings is 1. The predicted molar refractivity (Wildman–Crippen MR) is 196 cm³/mol. The summed E-state index contributed by atoms with van der Waals surface area (Å²) < 4.78 is 16.4. The highest BCUT2D eigenvalue weighted by Crippen LogP contribution is 2.46. The number of carbonyl (C=O) groups excluding carboxylic acids is 2. The molecule has 8 nitrogen and oxygen atoms in total. The van der Waals surface area contributed by atoms with E-state index >= 15 is 0 Å². The Kier molecular flexibility index (Phi) is 9.56. The molecule has 49 heavy (non-hydrogen) atoms. The number of aromatic nitrogens is 2. The molecular formula is C38H50ClFN6O2S. The van der Waals surface area contributed by atoms with Gasteiger partial charge in [0.15, 0.2) is 0 Å². The number of carbonyl (C=O) groups is 2. The van der Waals surface area contributed by atoms with Gasteiger partial charge in [0, 0.05) is 93.3 Å². The van der Waals surface area contributed by atoms with Gasteiger partial charge in [-0.1, -0.05) is 18.5 Å². The van der Waals surface area contributed by atoms with Crippen molar-refractivity contribution in [1.29, 1.82) is 0 Å². The Morgan fingerprint density at radius 1 is 1.16 bits per heavy atom. The van der Waals surface area contributed by atoms with Crippen LogP contribution in [-0.4, -0.2) is 110 Å². The number of halogens is 2. The summed E-state index contributed by atoms with van der Waals surface area (Å²) in [4.78, 5) is 38.9. The van der Waals surface area contributed by atoms with Gasteiger partial charge in [-0.05, 0) is 88.1 Å². The van der Waals surface area contributed by atoms with Crippen LogP contribution < -0.4 is 0 Å². The molecule has 3 saturated heterocycles. The third kappa shape index (κ3) is 6.40. The van der Waals surface area contributed by atoms with E-state index in [0.717, 1.165) is 75.0 Å². The summed E-state index contributed by atoms with van der Waals surface area (Å²) in [5.41, 5.74) is 2.89. The second-order valence-corrected chi connectivity index (χ2v) is 16.9. The van der Waals surface area contributed by atoms with Crippen molar-refractivity contribution in [3.8, 4) is 5.69 Å². The molecule has 4 atom stereocenters. The van der Waals surface area contributed by atoms with Crippen molar-refractivity contribution < 1.29 is 14.0 Å². The predicted octanol–water partition coefficient (Wildman–Crippen LogP) is 6.18. The zero-order valence-electron chi connectivity index (χ0n) is 29.4. The fourth-order valence-electron chi connectivity index (χ4n) is 9.24. The first-order chi connectivity index (χ1) is 23.4. The molecule has 1 aliphatic carbocycles. The summed E-state index contributed by atoms with van der Waals surface area (Å²) in [6, 6.07) is 5.60. The maximum Gasteiger partial charge on any atom is 0.256 e. The Balaban J connectivity index is 1.04. The van der Waals surface area contributed by atoms with Crippen LogP contribution in [0.5, 0.6) is 0 Å². The third-order valence-corrected chi connectivity index (χ3v) is 13.2. The number of nitrogens with zero attached hydrogens (tertiary/aromatic N) is 6. The second-order valence-electron chi connectivity index (χ2n) is 15.6. The highest BCUT2D eigenvalue weighted by molar-refractivity contribution is 7.82. The largest absolute Gasteiger partial charge is 0.341 e. The molecule has 1 aromatic carbocycles. The van der Waals surface area contributed by atoms with Crippen molar-refractivity contribution in [2.45, 2.75) is 82.7 Å². The molecule has 1 saturated carbocycles. The number of thiol groups is 1. The number of hydrogen-bond acceptors (Lipinski definition) is 6. The van der Waals surface area contributed by atoms with Gasteiger partial charge in [0.1, 0.15) is 5.82 Å². The summed E-state index contributed by atoms with van der Waals surface area (Å²) in [6.07, 6.45) is 11.2. The molecule has 5 heterocycles. The highest BCUT2D eigenvalue weighted by Gasteiger charge is 2.54. The zero-order chi connectivity index (χ0) is 34.8. The van der Waals surface area contributed by atoms with Crippen molar-refractivity contribution in [2.24, 2.45) is 17.8 Å². The van der Waals surface area contributed by atoms with E-state index < -0.39 is 5.82 Å². The van der Waals surface area contributed by atoms with Crippen LogP contribution in [0.3, 0.4) is 0 Å². The van der Waals surface area contributed by atoms with Gasteiger partial charge in [-0.2, -0.15) is 12.6 Å². The maximum absolute atomic E-state index is 14.5. The van der Waals surface area contributed by atoms with Crippen molar-refractivity contribution >= 4 is 46.9 Å². The van der Waals surface area contributed by atoms with Crippen LogP contribution in [0.25, 0.3) is 16.6 Å². The van der Waals surface area contributed by atoms with Crippen LogP contribution in [0.15, 0.2) is 36.8 Å². The number of hydrogen-bond donors (Lipinski definition) is 1. The third-order valence-electron chi connectivity index (χ3n) is 12.3. The van der Waals surface area contributed by atoms with Gasteiger partial charge < -0.3 is 14.4 Å². The first kappa shape index (κ1) is 34.8. The van der Waals surface area contributed by atoms with Crippen LogP contribution >= 0.6 is 24.2 Å². The summed E-state index contributed by atoms with van der Waals surface area (Å²) in [5.74, 6) is 1.16. The normalized spacial score (nSPS) is 28.0. The van der Waals surface area contributed by atoms with Crippen LogP contribution in [0.2, 0.25) is 5.02 Å². The van der Waals surface area contributed by atoms with Crippen molar-refractivity contribution in [3.63, 3.8) is 0 Å². The fraction of sp³-hybridized carbons (Fsp3) is 0.605. The molecular weight excluding hydrogens is 659 g/mol. The van der Waals surface area contributed by atoms with E-state index in [-0.39, 0.29) is 22.6 Å². The SMILES string of the molecule is CC[C@H]([C@H]1C[C@@H](N2CC3CN(C(C)=O)C[C@]3(S)C2)C1)N1CC[C@H](Cc2cn(-c3ccc(F)cc3C(=O)N(C)C(C)C)c3cncc(Cl)c23)C1. The Morgan fingerprint density at radius 3 is 2.63 bits per heavy atom. The molecule has 11 heteroatoms. The van der Waals surface area contributed by atoms with Gasteiger partial charge in [-0.25, -0.2) is 4.39 Å². The van der Waals surface area contributed by atoms with E-state index in [2.05, 4.69) is 27.9 Å². The Bertz CT molecular complexity index is 1740. The first-order valence-electron chi connectivity index (χ1n) is 18.0. The Morgan fingerprint density at radius 2 is 1.94 bits per heavy atom. The van der Waals surface area contributed by atoms with Crippen LogP contribution in [-0.2, 0) is 11.2 Å². The van der Waals surface area contributed by atoms with Gasteiger partial charge in [-0.15, -0.1) is 0 Å². The molecule has 3 aromatic rings. The average molecular weight is 709 g/mol. The van der Waals surface area contributed by atoms with Gasteiger partial charge in [-0.3, -0.25) is 24.4 Å². The minimum Gasteiger partial charge on any atom is -0.341 e. The molecule has 0 radical (unpaired) electrons. The molecule has 0 N–H and O–H groups in total. The molecule has 4 fully saturated rings. The lowest BCUT2D eigenvalue weighted by Gasteiger charge is -2.47. The number of pyridine rings is 1. The molecule has 4 aliphatic rings. The number of rotatable bonds is 9. The fourth-order valence-corrected chi connectivity index (χ4v) is 10.0. The van der Waals surface area contributed by atoms with Gasteiger partial charge in [0.2, 0.25) is 5.91 Å². The standard InChI is InChI=1S/C38H50ClFN6O2S/c1-6-33(26-12-30(13-26)45-20-28-19-44(24(4)47)21-38(28,49)22-45)43-10-9-25(17-43)11-27-18-46(35-16-41-15-32(39)36(27)35)34-8-7-29(40)14-31(34)37(48)42(5)23(2)3/h7-8,14-16,18,23,25-26,28,30,33,49H,6,9-13,17,19-22H2,1-5H3/t25-,26-,28?,30+,33-,38+/m1/s1. The smallest absolute Gasteiger partial charge is 0.256 e. The molecule has 2 amide bonds. The van der Waals surface area contributed by atoms with Crippen molar-refractivity contribution in [3.05, 3.63) is 58.8 Å². The van der Waals surface area contributed by atoms with E-state index in [1.807, 2.05) is 23.3 Å². The Hall–Kier alpha value is -2.66. The number of likely N-dealkylation sites (tertiary alicyclic amines) is 3. The van der Waals surface area contributed by atoms with Crippen molar-refractivity contribution in [1.82, 2.24) is 29.2 Å². The molecule has 7 rings (SSSR count). The van der Waals surface area contributed by atoms with E-state index in [9.17, 15) is 14.0 Å². The van der Waals surface area contributed by atoms with E-state index in [1.54, 1.807) is 37.3 Å². The van der Waals surface area contributed by atoms with Crippen LogP contribution in [0.1, 0.15) is 69.3 Å². The van der Waals surface area contributed by atoms with E-state index in [1.165, 1.54) is 25.0 Å². The summed E-state index contributed by atoms with van der Waals surface area (Å²) in [7, 11) is 1.75. The van der Waals surface area contributed by atoms with E-state index in [0.29, 0.717) is 46.1 Å². The lowest BCUT2D eigenvalue weighted by atomic mass is 9.73. The molecule has 3 aliphatic heterocycles. The zero-order valence-corrected chi connectivity index (χ0v) is 31.1. The van der Waals surface area contributed by atoms with E-state index in [4.69, 9.17) is 24.2 Å². The summed E-state index contributed by atoms with van der Waals surface area (Å²) >= 11 is 11.9. The molecule has 1 unspecified atom stereocenters. The lowest BCUT2D eigenvalue weighted by molar-refractivity contribution is -0.128. The maximum atomic E-state index is 14.5.